The Kier molecular flexibility index (Phi) is 4.91. The van der Waals surface area contributed by atoms with Gasteiger partial charge in [0.15, 0.2) is 0 Å². The van der Waals surface area contributed by atoms with Gasteiger partial charge in [0, 0.05) is 10.0 Å². The number of rotatable bonds is 5. The number of alkyl halides is 2. The number of hydrogen-bond donors (Lipinski definition) is 0. The molecule has 3 rings (SSSR count). The van der Waals surface area contributed by atoms with E-state index in [1.54, 1.807) is 0 Å². The zero-order valence-corrected chi connectivity index (χ0v) is 15.0. The SMILES string of the molecule is O=S(=O)(c1ccc(Cn2nnc(-c3ccc(Br)cc3)n2)cc1)C(F)F. The van der Waals surface area contributed by atoms with Crippen LogP contribution in [0.25, 0.3) is 11.4 Å². The first-order valence-corrected chi connectivity index (χ1v) is 9.35. The van der Waals surface area contributed by atoms with Crippen molar-refractivity contribution in [1.82, 2.24) is 20.2 Å². The van der Waals surface area contributed by atoms with Gasteiger partial charge in [-0.15, -0.1) is 10.2 Å². The van der Waals surface area contributed by atoms with E-state index in [2.05, 4.69) is 31.3 Å². The molecule has 1 heterocycles. The Morgan fingerprint density at radius 2 is 1.68 bits per heavy atom. The van der Waals surface area contributed by atoms with Gasteiger partial charge < -0.3 is 0 Å². The smallest absolute Gasteiger partial charge is 0.218 e. The molecule has 0 N–H and O–H groups in total. The van der Waals surface area contributed by atoms with Crippen LogP contribution in [-0.2, 0) is 16.4 Å². The quantitative estimate of drug-likeness (QED) is 0.623. The molecule has 10 heteroatoms. The molecule has 0 saturated carbocycles. The van der Waals surface area contributed by atoms with E-state index in [4.69, 9.17) is 0 Å². The van der Waals surface area contributed by atoms with E-state index in [0.717, 1.165) is 22.2 Å². The van der Waals surface area contributed by atoms with E-state index >= 15 is 0 Å². The summed E-state index contributed by atoms with van der Waals surface area (Å²) >= 11 is 3.34. The van der Waals surface area contributed by atoms with Crippen molar-refractivity contribution in [3.8, 4) is 11.4 Å². The van der Waals surface area contributed by atoms with Gasteiger partial charge in [-0.05, 0) is 47.2 Å². The van der Waals surface area contributed by atoms with Crippen LogP contribution >= 0.6 is 15.9 Å². The Morgan fingerprint density at radius 1 is 1.04 bits per heavy atom. The monoisotopic (exact) mass is 428 g/mol. The maximum absolute atomic E-state index is 12.5. The lowest BCUT2D eigenvalue weighted by molar-refractivity contribution is 0.234. The molecule has 0 aliphatic rings. The molecular formula is C15H11BrF2N4O2S. The molecule has 0 amide bonds. The maximum Gasteiger partial charge on any atom is 0.341 e. The fourth-order valence-corrected chi connectivity index (χ4v) is 3.06. The van der Waals surface area contributed by atoms with Gasteiger partial charge in [0.25, 0.3) is 0 Å². The number of nitrogens with zero attached hydrogens (tertiary/aromatic N) is 4. The number of sulfone groups is 1. The number of tetrazole rings is 1. The zero-order chi connectivity index (χ0) is 18.0. The molecule has 6 nitrogen and oxygen atoms in total. The van der Waals surface area contributed by atoms with Crippen molar-refractivity contribution in [3.63, 3.8) is 0 Å². The minimum atomic E-state index is -4.59. The minimum absolute atomic E-state index is 0.235. The molecule has 3 aromatic rings. The lowest BCUT2D eigenvalue weighted by Gasteiger charge is -2.04. The van der Waals surface area contributed by atoms with Crippen LogP contribution in [0.4, 0.5) is 8.78 Å². The van der Waals surface area contributed by atoms with Crippen molar-refractivity contribution in [3.05, 3.63) is 58.6 Å². The van der Waals surface area contributed by atoms with Gasteiger partial charge in [-0.2, -0.15) is 13.6 Å². The fraction of sp³-hybridized carbons (Fsp3) is 0.133. The van der Waals surface area contributed by atoms with Crippen molar-refractivity contribution >= 4 is 25.8 Å². The van der Waals surface area contributed by atoms with Crippen LogP contribution in [0.1, 0.15) is 5.56 Å². The summed E-state index contributed by atoms with van der Waals surface area (Å²) < 4.78 is 48.7. The second kappa shape index (κ2) is 6.96. The Bertz CT molecular complexity index is 974. The summed E-state index contributed by atoms with van der Waals surface area (Å²) in [5.74, 6) is -2.99. The third-order valence-electron chi connectivity index (χ3n) is 3.37. The lowest BCUT2D eigenvalue weighted by Crippen LogP contribution is -2.11. The van der Waals surface area contributed by atoms with E-state index in [1.807, 2.05) is 24.3 Å². The van der Waals surface area contributed by atoms with Crippen LogP contribution in [0.2, 0.25) is 0 Å². The van der Waals surface area contributed by atoms with Crippen molar-refractivity contribution in [1.29, 1.82) is 0 Å². The van der Waals surface area contributed by atoms with E-state index in [9.17, 15) is 17.2 Å². The Morgan fingerprint density at radius 3 is 2.28 bits per heavy atom. The number of hydrogen-bond acceptors (Lipinski definition) is 5. The fourth-order valence-electron chi connectivity index (χ4n) is 2.08. The molecule has 0 aliphatic heterocycles. The van der Waals surface area contributed by atoms with E-state index < -0.39 is 20.5 Å². The third-order valence-corrected chi connectivity index (χ3v) is 5.29. The van der Waals surface area contributed by atoms with E-state index in [1.165, 1.54) is 16.9 Å². The maximum atomic E-state index is 12.5. The first-order valence-electron chi connectivity index (χ1n) is 7.01. The van der Waals surface area contributed by atoms with Crippen LogP contribution in [0, 0.1) is 0 Å². The van der Waals surface area contributed by atoms with Gasteiger partial charge in [0.2, 0.25) is 15.7 Å². The molecule has 0 unspecified atom stereocenters. The molecular weight excluding hydrogens is 418 g/mol. The predicted octanol–water partition coefficient (Wildman–Crippen LogP) is 3.15. The third kappa shape index (κ3) is 3.90. The standard InChI is InChI=1S/C15H11BrF2N4O2S/c16-12-5-3-11(4-6-12)14-19-21-22(20-14)9-10-1-7-13(8-2-10)25(23,24)15(17)18/h1-8,15H,9H2. The Labute approximate surface area is 150 Å². The highest BCUT2D eigenvalue weighted by Gasteiger charge is 2.26. The molecule has 0 fully saturated rings. The molecule has 0 saturated heterocycles. The second-order valence-electron chi connectivity index (χ2n) is 5.10. The number of aromatic nitrogens is 4. The van der Waals surface area contributed by atoms with Crippen LogP contribution in [-0.4, -0.2) is 34.4 Å². The molecule has 25 heavy (non-hydrogen) atoms. The highest BCUT2D eigenvalue weighted by atomic mass is 79.9. The van der Waals surface area contributed by atoms with Gasteiger partial charge in [-0.3, -0.25) is 0 Å². The van der Waals surface area contributed by atoms with Crippen LogP contribution < -0.4 is 0 Å². The number of benzene rings is 2. The normalized spacial score (nSPS) is 11.8. The summed E-state index contributed by atoms with van der Waals surface area (Å²) in [6, 6.07) is 12.6. The first kappa shape index (κ1) is 17.6. The summed E-state index contributed by atoms with van der Waals surface area (Å²) in [7, 11) is -4.59. The summed E-state index contributed by atoms with van der Waals surface area (Å²) in [6.07, 6.45) is 0. The van der Waals surface area contributed by atoms with Crippen molar-refractivity contribution in [2.45, 2.75) is 17.2 Å². The van der Waals surface area contributed by atoms with Gasteiger partial charge >= 0.3 is 5.76 Å². The summed E-state index contributed by atoms with van der Waals surface area (Å²) in [5.41, 5.74) is 1.46. The summed E-state index contributed by atoms with van der Waals surface area (Å²) in [4.78, 5) is 0.918. The average Bonchev–Trinajstić information content (AvgIpc) is 3.04. The molecule has 0 radical (unpaired) electrons. The van der Waals surface area contributed by atoms with Crippen molar-refractivity contribution in [2.24, 2.45) is 0 Å². The van der Waals surface area contributed by atoms with Crippen LogP contribution in [0.5, 0.6) is 0 Å². The molecule has 0 bridgehead atoms. The predicted molar refractivity (Wildman–Crippen MR) is 89.7 cm³/mol. The zero-order valence-electron chi connectivity index (χ0n) is 12.6. The van der Waals surface area contributed by atoms with Crippen molar-refractivity contribution in [2.75, 3.05) is 0 Å². The second-order valence-corrected chi connectivity index (χ2v) is 7.93. The van der Waals surface area contributed by atoms with Gasteiger partial charge in [0.1, 0.15) is 0 Å². The number of halogens is 3. The molecule has 0 spiro atoms. The summed E-state index contributed by atoms with van der Waals surface area (Å²) in [5, 5.41) is 12.1. The van der Waals surface area contributed by atoms with E-state index in [-0.39, 0.29) is 6.54 Å². The topological polar surface area (TPSA) is 77.7 Å². The Hall–Kier alpha value is -2.20. The largest absolute Gasteiger partial charge is 0.341 e. The first-order chi connectivity index (χ1) is 11.9. The average molecular weight is 429 g/mol. The highest BCUT2D eigenvalue weighted by Crippen LogP contribution is 2.20. The summed E-state index contributed by atoms with van der Waals surface area (Å²) in [6.45, 7) is 0.235. The lowest BCUT2D eigenvalue weighted by atomic mass is 10.2. The molecule has 130 valence electrons. The van der Waals surface area contributed by atoms with Crippen LogP contribution in [0.3, 0.4) is 0 Å². The molecule has 1 aromatic heterocycles. The Balaban J connectivity index is 1.76. The molecule has 2 aromatic carbocycles. The van der Waals surface area contributed by atoms with Crippen molar-refractivity contribution < 1.29 is 17.2 Å². The molecule has 0 aliphatic carbocycles. The van der Waals surface area contributed by atoms with E-state index in [0.29, 0.717) is 11.4 Å². The van der Waals surface area contributed by atoms with Gasteiger partial charge in [-0.25, -0.2) is 8.42 Å². The van der Waals surface area contributed by atoms with Gasteiger partial charge in [-0.1, -0.05) is 28.1 Å². The van der Waals surface area contributed by atoms with Crippen LogP contribution in [0.15, 0.2) is 57.9 Å². The molecule has 0 atom stereocenters. The van der Waals surface area contributed by atoms with Gasteiger partial charge in [0.05, 0.1) is 11.4 Å². The highest BCUT2D eigenvalue weighted by molar-refractivity contribution is 9.10. The minimum Gasteiger partial charge on any atom is -0.218 e.